The summed E-state index contributed by atoms with van der Waals surface area (Å²) in [7, 11) is 0. The van der Waals surface area contributed by atoms with E-state index in [1.165, 1.54) is 0 Å². The van der Waals surface area contributed by atoms with Crippen LogP contribution in [0.2, 0.25) is 0 Å². The average molecular weight is 494 g/mol. The van der Waals surface area contributed by atoms with Gasteiger partial charge in [-0.05, 0) is 54.8 Å². The number of nitrogens with one attached hydrogen (secondary N) is 1. The van der Waals surface area contributed by atoms with Gasteiger partial charge in [-0.25, -0.2) is 4.98 Å². The minimum absolute atomic E-state index is 0.0424. The Kier molecular flexibility index (Phi) is 6.29. The summed E-state index contributed by atoms with van der Waals surface area (Å²) in [4.78, 5) is 19.5. The zero-order valence-corrected chi connectivity index (χ0v) is 21.1. The van der Waals surface area contributed by atoms with E-state index in [1.54, 1.807) is 0 Å². The molecule has 0 radical (unpaired) electrons. The zero-order valence-electron chi connectivity index (χ0n) is 21.1. The number of allylic oxidation sites excluding steroid dienone is 6. The molecule has 0 saturated carbocycles. The van der Waals surface area contributed by atoms with Crippen LogP contribution in [0.5, 0.6) is 0 Å². The second kappa shape index (κ2) is 10.2. The number of aromatic nitrogens is 2. The third kappa shape index (κ3) is 4.37. The van der Waals surface area contributed by atoms with Crippen LogP contribution in [0.4, 0.5) is 11.5 Å². The summed E-state index contributed by atoms with van der Waals surface area (Å²) in [5.74, 6) is 0.684. The Morgan fingerprint density at radius 1 is 0.816 bits per heavy atom. The van der Waals surface area contributed by atoms with Crippen molar-refractivity contribution in [2.45, 2.75) is 13.3 Å². The van der Waals surface area contributed by atoms with Gasteiger partial charge in [0.05, 0.1) is 16.6 Å². The van der Waals surface area contributed by atoms with Gasteiger partial charge in [0.1, 0.15) is 5.82 Å². The molecule has 0 bridgehead atoms. The van der Waals surface area contributed by atoms with Gasteiger partial charge in [0.25, 0.3) is 0 Å². The Morgan fingerprint density at radius 2 is 1.47 bits per heavy atom. The fourth-order valence-electron chi connectivity index (χ4n) is 4.92. The number of anilines is 2. The first kappa shape index (κ1) is 23.4. The third-order valence-electron chi connectivity index (χ3n) is 6.71. The summed E-state index contributed by atoms with van der Waals surface area (Å²) in [5.41, 5.74) is 6.59. The molecule has 38 heavy (non-hydrogen) atoms. The van der Waals surface area contributed by atoms with E-state index < -0.39 is 0 Å². The molecule has 0 aliphatic heterocycles. The quantitative estimate of drug-likeness (QED) is 0.269. The molecule has 1 aliphatic carbocycles. The number of pyridine rings is 2. The molecule has 0 amide bonds. The van der Waals surface area contributed by atoms with E-state index in [-0.39, 0.29) is 5.43 Å². The van der Waals surface area contributed by atoms with Crippen molar-refractivity contribution in [3.05, 3.63) is 143 Å². The molecule has 3 aromatic carbocycles. The molecular formula is C34H27N3O. The minimum atomic E-state index is -0.0424. The fourth-order valence-corrected chi connectivity index (χ4v) is 4.92. The zero-order chi connectivity index (χ0) is 25.9. The molecule has 0 atom stereocenters. The molecule has 1 N–H and O–H groups in total. The fraction of sp³-hybridized carbons (Fsp3) is 0.0588. The molecule has 0 saturated heterocycles. The van der Waals surface area contributed by atoms with Crippen LogP contribution in [0.3, 0.4) is 0 Å². The molecular weight excluding hydrogens is 466 g/mol. The molecule has 2 aromatic heterocycles. The largest absolute Gasteiger partial charge is 0.341 e. The molecule has 0 unspecified atom stereocenters. The van der Waals surface area contributed by atoms with E-state index in [1.807, 2.05) is 104 Å². The van der Waals surface area contributed by atoms with Gasteiger partial charge in [-0.15, -0.1) is 0 Å². The summed E-state index contributed by atoms with van der Waals surface area (Å²) >= 11 is 0. The van der Waals surface area contributed by atoms with Gasteiger partial charge in [0, 0.05) is 16.9 Å². The highest BCUT2D eigenvalue weighted by Gasteiger charge is 2.23. The highest BCUT2D eigenvalue weighted by atomic mass is 16.1. The maximum Gasteiger partial charge on any atom is 0.201 e. The first-order valence-corrected chi connectivity index (χ1v) is 12.8. The van der Waals surface area contributed by atoms with Crippen molar-refractivity contribution in [3.63, 3.8) is 0 Å². The van der Waals surface area contributed by atoms with Gasteiger partial charge in [0.15, 0.2) is 5.65 Å². The Balaban J connectivity index is 1.78. The molecule has 0 fully saturated rings. The van der Waals surface area contributed by atoms with Gasteiger partial charge in [-0.3, -0.25) is 9.36 Å². The number of para-hydroxylation sites is 1. The topological polar surface area (TPSA) is 46.9 Å². The van der Waals surface area contributed by atoms with Crippen molar-refractivity contribution >= 4 is 28.2 Å². The van der Waals surface area contributed by atoms with Crippen LogP contribution in [0.15, 0.2) is 132 Å². The van der Waals surface area contributed by atoms with Crippen molar-refractivity contribution in [2.75, 3.05) is 5.32 Å². The number of fused-ring (bicyclic) bond motifs is 1. The van der Waals surface area contributed by atoms with Crippen molar-refractivity contribution in [1.82, 2.24) is 9.55 Å². The molecule has 4 nitrogen and oxygen atoms in total. The lowest BCUT2D eigenvalue weighted by atomic mass is 10.00. The first-order chi connectivity index (χ1) is 18.7. The minimum Gasteiger partial charge on any atom is -0.341 e. The van der Waals surface area contributed by atoms with Gasteiger partial charge >= 0.3 is 0 Å². The van der Waals surface area contributed by atoms with Crippen LogP contribution < -0.4 is 10.7 Å². The Bertz CT molecular complexity index is 1760. The maximum absolute atomic E-state index is 14.4. The lowest BCUT2D eigenvalue weighted by Gasteiger charge is -2.23. The molecule has 184 valence electrons. The van der Waals surface area contributed by atoms with E-state index in [9.17, 15) is 4.79 Å². The summed E-state index contributed by atoms with van der Waals surface area (Å²) in [6.45, 7) is 2.00. The molecule has 1 aliphatic rings. The van der Waals surface area contributed by atoms with E-state index in [4.69, 9.17) is 4.98 Å². The predicted octanol–water partition coefficient (Wildman–Crippen LogP) is 8.14. The molecule has 5 aromatic rings. The van der Waals surface area contributed by atoms with Crippen molar-refractivity contribution in [2.24, 2.45) is 0 Å². The number of nitrogens with zero attached hydrogens (tertiary/aromatic N) is 2. The van der Waals surface area contributed by atoms with Gasteiger partial charge in [-0.2, -0.15) is 0 Å². The SMILES string of the molecule is Cc1cc(-c2ccccc2)nc2c1c(=O)c(-c1ccccc1)c(Nc1ccccc1)n2C1=CC=CCC=C1. The number of hydrogen-bond donors (Lipinski definition) is 1. The Morgan fingerprint density at radius 3 is 2.18 bits per heavy atom. The maximum atomic E-state index is 14.4. The van der Waals surface area contributed by atoms with E-state index in [0.717, 1.165) is 40.2 Å². The lowest BCUT2D eigenvalue weighted by Crippen LogP contribution is -2.19. The second-order valence-corrected chi connectivity index (χ2v) is 9.29. The monoisotopic (exact) mass is 493 g/mol. The van der Waals surface area contributed by atoms with Gasteiger partial charge < -0.3 is 5.32 Å². The number of hydrogen-bond acceptors (Lipinski definition) is 3. The number of rotatable bonds is 5. The summed E-state index contributed by atoms with van der Waals surface area (Å²) in [6.07, 6.45) is 11.3. The van der Waals surface area contributed by atoms with Crippen LogP contribution in [0, 0.1) is 6.92 Å². The van der Waals surface area contributed by atoms with Crippen LogP contribution in [0.1, 0.15) is 12.0 Å². The van der Waals surface area contributed by atoms with Crippen molar-refractivity contribution in [3.8, 4) is 22.4 Å². The highest BCUT2D eigenvalue weighted by molar-refractivity contribution is 5.96. The summed E-state index contributed by atoms with van der Waals surface area (Å²) in [6, 6.07) is 31.9. The van der Waals surface area contributed by atoms with Crippen LogP contribution in [0.25, 0.3) is 39.1 Å². The molecule has 6 rings (SSSR count). The molecule has 2 heterocycles. The lowest BCUT2D eigenvalue weighted by molar-refractivity contribution is 1.10. The standard InChI is InChI=1S/C34H27N3O/c1-24-23-29(25-15-7-4-8-16-25)36-33-30(24)32(38)31(26-17-9-5-10-18-26)34(35-27-19-11-6-12-20-27)37(33)28-21-13-2-3-14-22-28/h2,4-23,35H,3H2,1H3. The first-order valence-electron chi connectivity index (χ1n) is 12.8. The third-order valence-corrected chi connectivity index (χ3v) is 6.71. The smallest absolute Gasteiger partial charge is 0.201 e. The van der Waals surface area contributed by atoms with Crippen molar-refractivity contribution < 1.29 is 0 Å². The number of benzene rings is 3. The molecule has 4 heteroatoms. The van der Waals surface area contributed by atoms with Gasteiger partial charge in [-0.1, -0.05) is 97.1 Å². The van der Waals surface area contributed by atoms with E-state index in [2.05, 4.69) is 40.3 Å². The molecule has 0 spiro atoms. The van der Waals surface area contributed by atoms with Crippen LogP contribution >= 0.6 is 0 Å². The normalized spacial score (nSPS) is 12.8. The average Bonchev–Trinajstić information content (AvgIpc) is 3.24. The van der Waals surface area contributed by atoms with E-state index >= 15 is 0 Å². The number of aryl methyl sites for hydroxylation is 1. The Hall–Kier alpha value is -4.96. The Labute approximate surface area is 221 Å². The summed E-state index contributed by atoms with van der Waals surface area (Å²) < 4.78 is 2.09. The summed E-state index contributed by atoms with van der Waals surface area (Å²) in [5, 5.41) is 4.21. The predicted molar refractivity (Wildman–Crippen MR) is 159 cm³/mol. The van der Waals surface area contributed by atoms with Gasteiger partial charge in [0.2, 0.25) is 5.43 Å². The second-order valence-electron chi connectivity index (χ2n) is 9.29. The van der Waals surface area contributed by atoms with E-state index in [0.29, 0.717) is 22.4 Å². The highest BCUT2D eigenvalue weighted by Crippen LogP contribution is 2.35. The van der Waals surface area contributed by atoms with Crippen LogP contribution in [-0.2, 0) is 0 Å². The van der Waals surface area contributed by atoms with Crippen LogP contribution in [-0.4, -0.2) is 9.55 Å². The van der Waals surface area contributed by atoms with Crippen molar-refractivity contribution in [1.29, 1.82) is 0 Å².